The van der Waals surface area contributed by atoms with Crippen molar-refractivity contribution in [2.75, 3.05) is 20.3 Å². The van der Waals surface area contributed by atoms with E-state index in [2.05, 4.69) is 16.0 Å². The first kappa shape index (κ1) is 31.3. The van der Waals surface area contributed by atoms with Gasteiger partial charge in [-0.2, -0.15) is 4.73 Å². The Hall–Kier alpha value is -3.60. The molecular weight excluding hydrogens is 538 g/mol. The number of aliphatic hydroxyl groups excluding tert-OH is 1. The highest BCUT2D eigenvalue weighted by Crippen LogP contribution is 2.24. The zero-order chi connectivity index (χ0) is 30.2. The van der Waals surface area contributed by atoms with Crippen molar-refractivity contribution in [3.63, 3.8) is 0 Å². The van der Waals surface area contributed by atoms with Crippen LogP contribution < -0.4 is 20.8 Å². The van der Waals surface area contributed by atoms with Gasteiger partial charge in [-0.05, 0) is 49.7 Å². The van der Waals surface area contributed by atoms with E-state index >= 15 is 0 Å². The topological polar surface area (TPSA) is 142 Å². The van der Waals surface area contributed by atoms with Gasteiger partial charge in [0.1, 0.15) is 31.3 Å². The number of nitrogens with zero attached hydrogens (tertiary/aromatic N) is 2. The van der Waals surface area contributed by atoms with E-state index in [1.165, 1.54) is 0 Å². The van der Waals surface area contributed by atoms with Gasteiger partial charge in [0.15, 0.2) is 0 Å². The molecule has 0 aliphatic carbocycles. The van der Waals surface area contributed by atoms with Crippen LogP contribution in [0.5, 0.6) is 0 Å². The van der Waals surface area contributed by atoms with Gasteiger partial charge in [0, 0.05) is 31.2 Å². The molecule has 2 aliphatic heterocycles. The first-order chi connectivity index (χ1) is 20.3. The summed E-state index contributed by atoms with van der Waals surface area (Å²) in [4.78, 5) is 62.3. The molecule has 2 fully saturated rings. The third kappa shape index (κ3) is 7.06. The van der Waals surface area contributed by atoms with E-state index in [4.69, 9.17) is 4.84 Å². The molecule has 0 saturated carbocycles. The first-order valence-corrected chi connectivity index (χ1v) is 15.2. The molecule has 1 unspecified atom stereocenters. The summed E-state index contributed by atoms with van der Waals surface area (Å²) in [6.45, 7) is 4.35. The molecule has 4 amide bonds. The number of carbonyl (C=O) groups excluding carboxylic acids is 4. The summed E-state index contributed by atoms with van der Waals surface area (Å²) in [7, 11) is 1.56. The van der Waals surface area contributed by atoms with E-state index in [0.29, 0.717) is 45.1 Å². The maximum absolute atomic E-state index is 14.0. The molecule has 11 heteroatoms. The molecule has 5 atom stereocenters. The number of benzene rings is 1. The highest BCUT2D eigenvalue weighted by Gasteiger charge is 2.40. The highest BCUT2D eigenvalue weighted by molar-refractivity contribution is 5.98. The van der Waals surface area contributed by atoms with Gasteiger partial charge in [0.25, 0.3) is 0 Å². The summed E-state index contributed by atoms with van der Waals surface area (Å²) in [6.07, 6.45) is 6.93. The van der Waals surface area contributed by atoms with Crippen molar-refractivity contribution in [3.05, 3.63) is 36.0 Å². The van der Waals surface area contributed by atoms with Crippen molar-refractivity contribution in [2.24, 2.45) is 5.92 Å². The fraction of sp³-hybridized carbons (Fsp3) is 0.613. The Morgan fingerprint density at radius 2 is 1.71 bits per heavy atom. The van der Waals surface area contributed by atoms with Crippen LogP contribution in [-0.2, 0) is 25.6 Å². The van der Waals surface area contributed by atoms with E-state index in [-0.39, 0.29) is 30.8 Å². The zero-order valence-electron chi connectivity index (χ0n) is 24.9. The van der Waals surface area contributed by atoms with Crippen LogP contribution in [0, 0.1) is 5.92 Å². The van der Waals surface area contributed by atoms with Gasteiger partial charge >= 0.3 is 0 Å². The number of carbonyl (C=O) groups is 4. The van der Waals surface area contributed by atoms with Crippen LogP contribution in [0.1, 0.15) is 70.8 Å². The Bertz CT molecular complexity index is 1260. The summed E-state index contributed by atoms with van der Waals surface area (Å²) in [5.74, 6) is -1.69. The second kappa shape index (κ2) is 14.5. The lowest BCUT2D eigenvalue weighted by atomic mass is 9.93. The third-order valence-corrected chi connectivity index (χ3v) is 8.66. The predicted octanol–water partition coefficient (Wildman–Crippen LogP) is 1.69. The fourth-order valence-corrected chi connectivity index (χ4v) is 5.99. The molecule has 4 rings (SSSR count). The number of aromatic nitrogens is 1. The molecule has 0 radical (unpaired) electrons. The molecule has 230 valence electrons. The number of amides is 4. The molecule has 2 saturated heterocycles. The quantitative estimate of drug-likeness (QED) is 0.314. The fourth-order valence-electron chi connectivity index (χ4n) is 5.99. The Morgan fingerprint density at radius 1 is 0.976 bits per heavy atom. The number of hydrogen-bond acceptors (Lipinski definition) is 6. The number of hydrogen-bond donors (Lipinski definition) is 4. The van der Waals surface area contributed by atoms with Crippen LogP contribution in [0.4, 0.5) is 0 Å². The first-order valence-electron chi connectivity index (χ1n) is 15.2. The van der Waals surface area contributed by atoms with Gasteiger partial charge < -0.3 is 30.8 Å². The van der Waals surface area contributed by atoms with Crippen LogP contribution in [0.25, 0.3) is 10.9 Å². The Kier molecular flexibility index (Phi) is 10.8. The maximum Gasteiger partial charge on any atom is 0.246 e. The number of nitrogens with one attached hydrogen (secondary N) is 3. The summed E-state index contributed by atoms with van der Waals surface area (Å²) < 4.78 is 1.62. The number of fused-ring (bicyclic) bond motifs is 2. The minimum absolute atomic E-state index is 0.0526. The van der Waals surface area contributed by atoms with E-state index in [9.17, 15) is 24.3 Å². The van der Waals surface area contributed by atoms with Crippen LogP contribution in [0.2, 0.25) is 0 Å². The second-order valence-corrected chi connectivity index (χ2v) is 11.5. The Morgan fingerprint density at radius 3 is 2.45 bits per heavy atom. The van der Waals surface area contributed by atoms with Crippen molar-refractivity contribution in [2.45, 2.75) is 95.8 Å². The molecule has 11 nitrogen and oxygen atoms in total. The van der Waals surface area contributed by atoms with Crippen molar-refractivity contribution in [3.8, 4) is 0 Å². The zero-order valence-corrected chi connectivity index (χ0v) is 24.9. The SMILES string of the molecule is CCC(C)[C@@H]1NC(=O)[C@H](Cc2cn(OC)c3ccccc23)NC(=O)[C@H](CCCCCO)NC(=O)[C@H]2CCCCN2C1=O. The Balaban J connectivity index is 1.71. The lowest BCUT2D eigenvalue weighted by Crippen LogP contribution is -2.64. The Labute approximate surface area is 247 Å². The van der Waals surface area contributed by atoms with Gasteiger partial charge in [-0.25, -0.2) is 0 Å². The summed E-state index contributed by atoms with van der Waals surface area (Å²) in [5.41, 5.74) is 1.62. The van der Waals surface area contributed by atoms with Crippen LogP contribution in [0.15, 0.2) is 30.5 Å². The van der Waals surface area contributed by atoms with Crippen molar-refractivity contribution in [1.82, 2.24) is 25.6 Å². The largest absolute Gasteiger partial charge is 0.417 e. The van der Waals surface area contributed by atoms with Gasteiger partial charge in [0.05, 0.1) is 5.52 Å². The highest BCUT2D eigenvalue weighted by atomic mass is 16.6. The van der Waals surface area contributed by atoms with E-state index < -0.39 is 36.0 Å². The average Bonchev–Trinajstić information content (AvgIpc) is 3.36. The third-order valence-electron chi connectivity index (χ3n) is 8.66. The van der Waals surface area contributed by atoms with Gasteiger partial charge in [0.2, 0.25) is 23.6 Å². The van der Waals surface area contributed by atoms with Gasteiger partial charge in [-0.1, -0.05) is 51.3 Å². The normalized spacial score (nSPS) is 24.6. The monoisotopic (exact) mass is 583 g/mol. The number of rotatable bonds is 10. The van der Waals surface area contributed by atoms with Crippen molar-refractivity contribution in [1.29, 1.82) is 0 Å². The average molecular weight is 584 g/mol. The van der Waals surface area contributed by atoms with Crippen LogP contribution in [0.3, 0.4) is 0 Å². The molecule has 1 aromatic heterocycles. The smallest absolute Gasteiger partial charge is 0.246 e. The molecule has 2 aromatic rings. The number of para-hydroxylation sites is 1. The van der Waals surface area contributed by atoms with Crippen molar-refractivity contribution >= 4 is 34.5 Å². The minimum Gasteiger partial charge on any atom is -0.417 e. The van der Waals surface area contributed by atoms with Gasteiger partial charge in [-0.3, -0.25) is 19.2 Å². The van der Waals surface area contributed by atoms with E-state index in [0.717, 1.165) is 29.3 Å². The lowest BCUT2D eigenvalue weighted by Gasteiger charge is -2.39. The summed E-state index contributed by atoms with van der Waals surface area (Å²) >= 11 is 0. The van der Waals surface area contributed by atoms with E-state index in [1.807, 2.05) is 38.1 Å². The summed E-state index contributed by atoms with van der Waals surface area (Å²) in [6, 6.07) is 4.23. The summed E-state index contributed by atoms with van der Waals surface area (Å²) in [5, 5.41) is 18.9. The molecule has 3 heterocycles. The van der Waals surface area contributed by atoms with Crippen LogP contribution >= 0.6 is 0 Å². The predicted molar refractivity (Wildman–Crippen MR) is 158 cm³/mol. The molecule has 0 spiro atoms. The number of piperidine rings is 1. The van der Waals surface area contributed by atoms with E-state index in [1.54, 1.807) is 22.9 Å². The van der Waals surface area contributed by atoms with Crippen LogP contribution in [-0.4, -0.2) is 82.8 Å². The second-order valence-electron chi connectivity index (χ2n) is 11.5. The van der Waals surface area contributed by atoms with Crippen molar-refractivity contribution < 1.29 is 29.1 Å². The number of aliphatic hydroxyl groups is 1. The maximum atomic E-state index is 14.0. The van der Waals surface area contributed by atoms with Gasteiger partial charge in [-0.15, -0.1) is 0 Å². The molecule has 0 bridgehead atoms. The molecule has 1 aromatic carbocycles. The molecule has 42 heavy (non-hydrogen) atoms. The standard InChI is InChI=1S/C31H45N5O6/c1-4-20(2)27-31(41)35-16-10-9-15-26(35)30(40)32-23(13-6-5-11-17-37)28(38)33-24(29(39)34-27)18-21-19-36(42-3)25-14-8-7-12-22(21)25/h7-8,12,14,19-20,23-24,26-27,37H,4-6,9-11,13,15-18H2,1-3H3,(H,32,40)(H,33,38)(H,34,39)/t20?,23-,24-,26+,27-/m0/s1. The number of unbranched alkanes of at least 4 members (excludes halogenated alkanes) is 2. The molecule has 4 N–H and O–H groups in total. The molecule has 2 aliphatic rings. The molecular formula is C31H45N5O6. The lowest BCUT2D eigenvalue weighted by molar-refractivity contribution is -0.147. The minimum atomic E-state index is -0.999.